The van der Waals surface area contributed by atoms with Crippen molar-refractivity contribution < 1.29 is 24.2 Å². The largest absolute Gasteiger partial charge is 0.511 e. The molecule has 0 saturated carbocycles. The van der Waals surface area contributed by atoms with Crippen LogP contribution in [-0.2, 0) is 9.53 Å². The van der Waals surface area contributed by atoms with E-state index in [2.05, 4.69) is 4.99 Å². The van der Waals surface area contributed by atoms with Crippen LogP contribution in [0, 0.1) is 5.41 Å². The molecular formula is C24H27NO5S. The van der Waals surface area contributed by atoms with Crippen LogP contribution >= 0.6 is 11.3 Å². The Morgan fingerprint density at radius 3 is 2.52 bits per heavy atom. The number of hydrogen-bond acceptors (Lipinski definition) is 7. The van der Waals surface area contributed by atoms with Gasteiger partial charge >= 0.3 is 5.97 Å². The van der Waals surface area contributed by atoms with Crippen LogP contribution in [0.1, 0.15) is 50.9 Å². The van der Waals surface area contributed by atoms with Crippen LogP contribution < -0.4 is 4.74 Å². The highest BCUT2D eigenvalue weighted by Gasteiger charge is 2.32. The van der Waals surface area contributed by atoms with E-state index in [1.54, 1.807) is 6.92 Å². The summed E-state index contributed by atoms with van der Waals surface area (Å²) in [4.78, 5) is 29.6. The highest BCUT2D eigenvalue weighted by Crippen LogP contribution is 2.39. The number of aliphatic hydroxyl groups excluding tert-OH is 1. The molecule has 1 heterocycles. The van der Waals surface area contributed by atoms with Crippen LogP contribution in [0.5, 0.6) is 5.75 Å². The van der Waals surface area contributed by atoms with Gasteiger partial charge in [0.25, 0.3) is 0 Å². The standard InChI is InChI=1S/C24H27NO5S/c1-5-29-16-9-7-15(8-10-16)18-14-31-22(21(18)23(28)30-6-2)25-13-17-19(26)11-24(3,4)12-20(17)27/h7-10,13-14,26H,5-6,11-12H2,1-4H3/b25-13+. The maximum absolute atomic E-state index is 12.7. The quantitative estimate of drug-likeness (QED) is 0.427. The average Bonchev–Trinajstić information content (AvgIpc) is 3.11. The summed E-state index contributed by atoms with van der Waals surface area (Å²) in [6.45, 7) is 8.35. The van der Waals surface area contributed by atoms with Crippen LogP contribution in [0.4, 0.5) is 5.00 Å². The molecular weight excluding hydrogens is 414 g/mol. The van der Waals surface area contributed by atoms with Gasteiger partial charge in [0.2, 0.25) is 0 Å². The number of ether oxygens (including phenoxy) is 2. The number of esters is 1. The highest BCUT2D eigenvalue weighted by atomic mass is 32.1. The molecule has 6 nitrogen and oxygen atoms in total. The number of nitrogens with zero attached hydrogens (tertiary/aromatic N) is 1. The molecule has 0 fully saturated rings. The molecule has 31 heavy (non-hydrogen) atoms. The Morgan fingerprint density at radius 2 is 1.90 bits per heavy atom. The Hall–Kier alpha value is -2.93. The maximum atomic E-state index is 12.7. The first-order chi connectivity index (χ1) is 14.8. The van der Waals surface area contributed by atoms with E-state index in [1.807, 2.05) is 50.4 Å². The second-order valence-electron chi connectivity index (χ2n) is 8.07. The zero-order valence-electron chi connectivity index (χ0n) is 18.2. The van der Waals surface area contributed by atoms with Gasteiger partial charge in [0.1, 0.15) is 22.1 Å². The summed E-state index contributed by atoms with van der Waals surface area (Å²) in [5, 5.41) is 12.6. The lowest BCUT2D eigenvalue weighted by molar-refractivity contribution is -0.117. The zero-order chi connectivity index (χ0) is 22.6. The molecule has 0 unspecified atom stereocenters. The molecule has 1 aliphatic carbocycles. The SMILES string of the molecule is CCOC(=O)c1c(-c2ccc(OCC)cc2)csc1/N=C/C1=C(O)CC(C)(C)CC1=O. The summed E-state index contributed by atoms with van der Waals surface area (Å²) in [7, 11) is 0. The average molecular weight is 442 g/mol. The second kappa shape index (κ2) is 9.47. The summed E-state index contributed by atoms with van der Waals surface area (Å²) >= 11 is 1.28. The Balaban J connectivity index is 1.98. The first-order valence-electron chi connectivity index (χ1n) is 10.3. The van der Waals surface area contributed by atoms with Gasteiger partial charge in [0.05, 0.1) is 18.8 Å². The van der Waals surface area contributed by atoms with Gasteiger partial charge in [-0.2, -0.15) is 0 Å². The van der Waals surface area contributed by atoms with E-state index in [0.29, 0.717) is 35.6 Å². The van der Waals surface area contributed by atoms with E-state index in [-0.39, 0.29) is 29.1 Å². The molecule has 0 bridgehead atoms. The minimum absolute atomic E-state index is 0.0333. The number of thiophene rings is 1. The lowest BCUT2D eigenvalue weighted by atomic mass is 9.77. The number of aliphatic hydroxyl groups is 1. The molecule has 1 aliphatic rings. The van der Waals surface area contributed by atoms with Gasteiger partial charge in [0, 0.05) is 30.0 Å². The third kappa shape index (κ3) is 5.22. The first kappa shape index (κ1) is 22.7. The molecule has 0 spiro atoms. The number of allylic oxidation sites excluding steroid dienone is 2. The number of Topliss-reactive ketones (excluding diaryl/α,β-unsaturated/α-hetero) is 1. The summed E-state index contributed by atoms with van der Waals surface area (Å²) < 4.78 is 10.7. The fraction of sp³-hybridized carbons (Fsp3) is 0.375. The number of ketones is 1. The highest BCUT2D eigenvalue weighted by molar-refractivity contribution is 7.14. The molecule has 0 saturated heterocycles. The van der Waals surface area contributed by atoms with E-state index < -0.39 is 5.97 Å². The predicted molar refractivity (Wildman–Crippen MR) is 123 cm³/mol. The van der Waals surface area contributed by atoms with Crippen LogP contribution in [0.2, 0.25) is 0 Å². The third-order valence-corrected chi connectivity index (χ3v) is 5.82. The summed E-state index contributed by atoms with van der Waals surface area (Å²) in [6.07, 6.45) is 2.11. The fourth-order valence-electron chi connectivity index (χ4n) is 3.52. The Labute approximate surface area is 186 Å². The monoisotopic (exact) mass is 441 g/mol. The van der Waals surface area contributed by atoms with Crippen molar-refractivity contribution >= 4 is 34.3 Å². The van der Waals surface area contributed by atoms with Crippen molar-refractivity contribution in [2.75, 3.05) is 13.2 Å². The molecule has 7 heteroatoms. The molecule has 0 atom stereocenters. The number of aliphatic imine (C=N–C) groups is 1. The smallest absolute Gasteiger partial charge is 0.341 e. The molecule has 1 aromatic heterocycles. The van der Waals surface area contributed by atoms with Gasteiger partial charge in [-0.05, 0) is 37.0 Å². The van der Waals surface area contributed by atoms with Crippen molar-refractivity contribution in [3.63, 3.8) is 0 Å². The Bertz CT molecular complexity index is 1030. The molecule has 164 valence electrons. The predicted octanol–water partition coefficient (Wildman–Crippen LogP) is 5.89. The van der Waals surface area contributed by atoms with E-state index in [9.17, 15) is 14.7 Å². The maximum Gasteiger partial charge on any atom is 0.341 e. The van der Waals surface area contributed by atoms with E-state index in [4.69, 9.17) is 9.47 Å². The number of hydrogen-bond donors (Lipinski definition) is 1. The molecule has 0 aliphatic heterocycles. The molecule has 0 amide bonds. The molecule has 3 rings (SSSR count). The Kier molecular flexibility index (Phi) is 6.95. The molecule has 1 N–H and O–H groups in total. The molecule has 1 aromatic carbocycles. The van der Waals surface area contributed by atoms with E-state index >= 15 is 0 Å². The summed E-state index contributed by atoms with van der Waals surface area (Å²) in [5.41, 5.74) is 1.80. The summed E-state index contributed by atoms with van der Waals surface area (Å²) in [6, 6.07) is 7.45. The van der Waals surface area contributed by atoms with Crippen LogP contribution in [-0.4, -0.2) is 36.3 Å². The topological polar surface area (TPSA) is 85.2 Å². The fourth-order valence-corrected chi connectivity index (χ4v) is 4.43. The van der Waals surface area contributed by atoms with Crippen LogP contribution in [0.15, 0.2) is 46.0 Å². The van der Waals surface area contributed by atoms with Crippen LogP contribution in [0.25, 0.3) is 11.1 Å². The minimum Gasteiger partial charge on any atom is -0.511 e. The van der Waals surface area contributed by atoms with Crippen molar-refractivity contribution in [1.82, 2.24) is 0 Å². The van der Waals surface area contributed by atoms with Gasteiger partial charge in [-0.15, -0.1) is 11.3 Å². The lowest BCUT2D eigenvalue weighted by Crippen LogP contribution is -2.26. The van der Waals surface area contributed by atoms with Gasteiger partial charge in [-0.25, -0.2) is 9.79 Å². The van der Waals surface area contributed by atoms with E-state index in [0.717, 1.165) is 11.3 Å². The minimum atomic E-state index is -0.478. The van der Waals surface area contributed by atoms with Crippen molar-refractivity contribution in [3.05, 3.63) is 46.5 Å². The number of benzene rings is 1. The first-order valence-corrected chi connectivity index (χ1v) is 11.1. The number of carbonyl (C=O) groups excluding carboxylic acids is 2. The normalized spacial score (nSPS) is 16.1. The van der Waals surface area contributed by atoms with Crippen molar-refractivity contribution in [1.29, 1.82) is 0 Å². The molecule has 2 aromatic rings. The van der Waals surface area contributed by atoms with E-state index in [1.165, 1.54) is 17.6 Å². The van der Waals surface area contributed by atoms with Gasteiger partial charge in [0.15, 0.2) is 5.78 Å². The van der Waals surface area contributed by atoms with Gasteiger partial charge in [-0.3, -0.25) is 4.79 Å². The van der Waals surface area contributed by atoms with Crippen molar-refractivity contribution in [3.8, 4) is 16.9 Å². The van der Waals surface area contributed by atoms with Gasteiger partial charge in [-0.1, -0.05) is 26.0 Å². The second-order valence-corrected chi connectivity index (χ2v) is 8.93. The lowest BCUT2D eigenvalue weighted by Gasteiger charge is -2.28. The zero-order valence-corrected chi connectivity index (χ0v) is 19.0. The Morgan fingerprint density at radius 1 is 1.19 bits per heavy atom. The number of carbonyl (C=O) groups is 2. The van der Waals surface area contributed by atoms with Gasteiger partial charge < -0.3 is 14.6 Å². The van der Waals surface area contributed by atoms with Crippen molar-refractivity contribution in [2.45, 2.75) is 40.5 Å². The van der Waals surface area contributed by atoms with Crippen LogP contribution in [0.3, 0.4) is 0 Å². The van der Waals surface area contributed by atoms with Crippen molar-refractivity contribution in [2.24, 2.45) is 10.4 Å². The number of rotatable bonds is 7. The third-order valence-electron chi connectivity index (χ3n) is 4.93. The summed E-state index contributed by atoms with van der Waals surface area (Å²) in [5.74, 6) is 0.150. The molecule has 0 radical (unpaired) electrons.